The molecule has 0 saturated heterocycles. The average molecular weight is 294 g/mol. The third-order valence-electron chi connectivity index (χ3n) is 3.59. The van der Waals surface area contributed by atoms with Gasteiger partial charge in [-0.3, -0.25) is 0 Å². The largest absolute Gasteiger partial charge is 0.462 e. The van der Waals surface area contributed by atoms with Crippen LogP contribution in [0.4, 0.5) is 11.5 Å². The summed E-state index contributed by atoms with van der Waals surface area (Å²) in [5, 5.41) is 3.17. The maximum Gasteiger partial charge on any atom is 0.340 e. The van der Waals surface area contributed by atoms with Gasteiger partial charge >= 0.3 is 5.97 Å². The number of pyridine rings is 1. The molecule has 118 valence electrons. The number of rotatable bonds is 8. The molecule has 0 aliphatic heterocycles. The van der Waals surface area contributed by atoms with Crippen molar-refractivity contribution in [3.63, 3.8) is 0 Å². The van der Waals surface area contributed by atoms with Gasteiger partial charge in [-0.15, -0.1) is 0 Å². The molecule has 1 aromatic rings. The fraction of sp³-hybridized carbons (Fsp3) is 0.600. The fourth-order valence-electron chi connectivity index (χ4n) is 1.88. The summed E-state index contributed by atoms with van der Waals surface area (Å²) in [5.74, 6) is 0.107. The first-order valence-corrected chi connectivity index (χ1v) is 7.36. The molecule has 0 spiro atoms. The van der Waals surface area contributed by atoms with E-state index in [-0.39, 0.29) is 0 Å². The van der Waals surface area contributed by atoms with Crippen LogP contribution in [0.5, 0.6) is 0 Å². The summed E-state index contributed by atoms with van der Waals surface area (Å²) in [6.45, 7) is 8.03. The topological polar surface area (TPSA) is 80.5 Å². The number of nitrogens with zero attached hydrogens (tertiary/aromatic N) is 2. The van der Waals surface area contributed by atoms with Gasteiger partial charge in [-0.2, -0.15) is 0 Å². The molecule has 0 bridgehead atoms. The lowest BCUT2D eigenvalue weighted by atomic mass is 10.2. The molecule has 6 nitrogen and oxygen atoms in total. The molecule has 0 aliphatic carbocycles. The molecule has 6 heteroatoms. The summed E-state index contributed by atoms with van der Waals surface area (Å²) in [6.07, 6.45) is 2.67. The van der Waals surface area contributed by atoms with E-state index in [9.17, 15) is 4.79 Å². The predicted octanol–water partition coefficient (Wildman–Crippen LogP) is 1.98. The molecule has 1 atom stereocenters. The Balaban J connectivity index is 2.64. The number of nitrogen functional groups attached to an aromatic ring is 1. The molecule has 1 unspecified atom stereocenters. The molecule has 0 radical (unpaired) electrons. The summed E-state index contributed by atoms with van der Waals surface area (Å²) in [4.78, 5) is 18.2. The van der Waals surface area contributed by atoms with Gasteiger partial charge < -0.3 is 20.7 Å². The lowest BCUT2D eigenvalue weighted by molar-refractivity contribution is 0.0527. The third-order valence-corrected chi connectivity index (χ3v) is 3.59. The number of carbonyl (C=O) groups excluding carboxylic acids is 1. The van der Waals surface area contributed by atoms with Gasteiger partial charge in [0.1, 0.15) is 5.82 Å². The highest BCUT2D eigenvalue weighted by atomic mass is 16.5. The van der Waals surface area contributed by atoms with Crippen LogP contribution < -0.4 is 11.1 Å². The Bertz CT molecular complexity index is 465. The van der Waals surface area contributed by atoms with Gasteiger partial charge in [-0.05, 0) is 33.4 Å². The van der Waals surface area contributed by atoms with Crippen LogP contribution in [0.3, 0.4) is 0 Å². The molecule has 1 aromatic heterocycles. The average Bonchev–Trinajstić information content (AvgIpc) is 2.48. The van der Waals surface area contributed by atoms with E-state index in [1.54, 1.807) is 19.2 Å². The van der Waals surface area contributed by atoms with E-state index < -0.39 is 5.97 Å². The molecular formula is C15H26N4O2. The number of ether oxygens (including phenoxy) is 1. The van der Waals surface area contributed by atoms with Crippen molar-refractivity contribution in [3.05, 3.63) is 17.8 Å². The number of hydrogen-bond acceptors (Lipinski definition) is 6. The summed E-state index contributed by atoms with van der Waals surface area (Å²) in [6, 6.07) is 2.10. The smallest absolute Gasteiger partial charge is 0.340 e. The van der Waals surface area contributed by atoms with Crippen LogP contribution in [0.15, 0.2) is 12.3 Å². The molecule has 0 saturated carbocycles. The van der Waals surface area contributed by atoms with Crippen LogP contribution in [0.1, 0.15) is 37.6 Å². The van der Waals surface area contributed by atoms with E-state index in [4.69, 9.17) is 10.5 Å². The van der Waals surface area contributed by atoms with E-state index in [2.05, 4.69) is 36.1 Å². The van der Waals surface area contributed by atoms with Crippen molar-refractivity contribution in [2.24, 2.45) is 0 Å². The Morgan fingerprint density at radius 2 is 2.24 bits per heavy atom. The highest BCUT2D eigenvalue weighted by Crippen LogP contribution is 2.20. The van der Waals surface area contributed by atoms with Gasteiger partial charge in [-0.1, -0.05) is 6.92 Å². The number of anilines is 2. The van der Waals surface area contributed by atoms with Gasteiger partial charge in [0.25, 0.3) is 0 Å². The van der Waals surface area contributed by atoms with Crippen molar-refractivity contribution in [2.45, 2.75) is 33.2 Å². The fourth-order valence-corrected chi connectivity index (χ4v) is 1.88. The van der Waals surface area contributed by atoms with Crippen molar-refractivity contribution in [1.82, 2.24) is 9.88 Å². The minimum Gasteiger partial charge on any atom is -0.462 e. The predicted molar refractivity (Wildman–Crippen MR) is 85.5 cm³/mol. The number of esters is 1. The van der Waals surface area contributed by atoms with E-state index >= 15 is 0 Å². The van der Waals surface area contributed by atoms with Crippen molar-refractivity contribution >= 4 is 17.5 Å². The zero-order chi connectivity index (χ0) is 15.8. The van der Waals surface area contributed by atoms with Crippen LogP contribution in [-0.2, 0) is 4.74 Å². The van der Waals surface area contributed by atoms with Crippen molar-refractivity contribution < 1.29 is 9.53 Å². The Labute approximate surface area is 126 Å². The Morgan fingerprint density at radius 1 is 1.52 bits per heavy atom. The minimum atomic E-state index is -0.419. The molecule has 1 heterocycles. The number of likely N-dealkylation sites (N-methyl/N-ethyl adjacent to an activating group) is 1. The summed E-state index contributed by atoms with van der Waals surface area (Å²) >= 11 is 0. The first-order chi connectivity index (χ1) is 10.0. The van der Waals surface area contributed by atoms with Crippen LogP contribution in [0.25, 0.3) is 0 Å². The lowest BCUT2D eigenvalue weighted by Crippen LogP contribution is -2.33. The third kappa shape index (κ3) is 4.90. The van der Waals surface area contributed by atoms with E-state index in [0.29, 0.717) is 36.3 Å². The van der Waals surface area contributed by atoms with Gasteiger partial charge in [0.2, 0.25) is 0 Å². The van der Waals surface area contributed by atoms with Crippen molar-refractivity contribution in [1.29, 1.82) is 0 Å². The zero-order valence-electron chi connectivity index (χ0n) is 13.3. The van der Waals surface area contributed by atoms with Gasteiger partial charge in [-0.25, -0.2) is 9.78 Å². The minimum absolute atomic E-state index is 0.322. The quantitative estimate of drug-likeness (QED) is 0.714. The molecule has 21 heavy (non-hydrogen) atoms. The number of aromatic nitrogens is 1. The standard InChI is InChI=1S/C15H26N4O2/c1-5-11(3)19(4)10-9-18-14-13(16)12(7-8-17-14)15(20)21-6-2/h7-8,11H,5-6,9-10,16H2,1-4H3,(H,17,18). The summed E-state index contributed by atoms with van der Waals surface area (Å²) in [5.41, 5.74) is 6.66. The number of hydrogen-bond donors (Lipinski definition) is 2. The summed E-state index contributed by atoms with van der Waals surface area (Å²) < 4.78 is 4.97. The zero-order valence-corrected chi connectivity index (χ0v) is 13.3. The van der Waals surface area contributed by atoms with E-state index in [0.717, 1.165) is 13.0 Å². The van der Waals surface area contributed by atoms with Crippen molar-refractivity contribution in [2.75, 3.05) is 37.8 Å². The first kappa shape index (κ1) is 17.2. The second-order valence-corrected chi connectivity index (χ2v) is 5.01. The molecule has 0 fully saturated rings. The monoisotopic (exact) mass is 294 g/mol. The van der Waals surface area contributed by atoms with Crippen LogP contribution in [0.2, 0.25) is 0 Å². The number of nitrogens with one attached hydrogen (secondary N) is 1. The maximum atomic E-state index is 11.8. The molecule has 0 aromatic carbocycles. The van der Waals surface area contributed by atoms with Gasteiger partial charge in [0.05, 0.1) is 17.9 Å². The Morgan fingerprint density at radius 3 is 2.86 bits per heavy atom. The normalized spacial score (nSPS) is 12.2. The van der Waals surface area contributed by atoms with Crippen LogP contribution in [0, 0.1) is 0 Å². The van der Waals surface area contributed by atoms with Crippen LogP contribution in [-0.4, -0.2) is 48.6 Å². The first-order valence-electron chi connectivity index (χ1n) is 7.36. The second-order valence-electron chi connectivity index (χ2n) is 5.01. The highest BCUT2D eigenvalue weighted by molar-refractivity contribution is 5.97. The maximum absolute atomic E-state index is 11.8. The highest BCUT2D eigenvalue weighted by Gasteiger charge is 2.14. The number of nitrogens with two attached hydrogens (primary N) is 1. The second kappa shape index (κ2) is 8.46. The Hall–Kier alpha value is -1.82. The van der Waals surface area contributed by atoms with Gasteiger partial charge in [0, 0.05) is 25.3 Å². The van der Waals surface area contributed by atoms with Crippen LogP contribution >= 0.6 is 0 Å². The molecule has 3 N–H and O–H groups in total. The molecule has 0 amide bonds. The molecule has 0 aliphatic rings. The van der Waals surface area contributed by atoms with Crippen molar-refractivity contribution in [3.8, 4) is 0 Å². The SMILES string of the molecule is CCOC(=O)c1ccnc(NCCN(C)C(C)CC)c1N. The van der Waals surface area contributed by atoms with E-state index in [1.807, 2.05) is 0 Å². The molecule has 1 rings (SSSR count). The van der Waals surface area contributed by atoms with Gasteiger partial charge in [0.15, 0.2) is 0 Å². The number of carbonyl (C=O) groups is 1. The Kier molecular flexibility index (Phi) is 6.94. The van der Waals surface area contributed by atoms with E-state index in [1.165, 1.54) is 0 Å². The summed E-state index contributed by atoms with van der Waals surface area (Å²) in [7, 11) is 2.08. The molecular weight excluding hydrogens is 268 g/mol. The lowest BCUT2D eigenvalue weighted by Gasteiger charge is -2.23.